The number of rotatable bonds is 5. The molecule has 0 saturated carbocycles. The molecule has 3 aromatic heterocycles. The van der Waals surface area contributed by atoms with Crippen LogP contribution in [-0.4, -0.2) is 31.3 Å². The van der Waals surface area contributed by atoms with Gasteiger partial charge in [0, 0.05) is 26.0 Å². The first kappa shape index (κ1) is 16.2. The van der Waals surface area contributed by atoms with Gasteiger partial charge in [-0.15, -0.1) is 0 Å². The van der Waals surface area contributed by atoms with Gasteiger partial charge in [0.15, 0.2) is 11.2 Å². The Morgan fingerprint density at radius 3 is 2.83 bits per heavy atom. The van der Waals surface area contributed by atoms with Crippen LogP contribution in [0.1, 0.15) is 16.8 Å². The third-order valence-corrected chi connectivity index (χ3v) is 4.40. The van der Waals surface area contributed by atoms with Crippen molar-refractivity contribution in [1.29, 1.82) is 0 Å². The van der Waals surface area contributed by atoms with Crippen LogP contribution in [-0.2, 0) is 25.4 Å². The van der Waals surface area contributed by atoms with Gasteiger partial charge in [-0.2, -0.15) is 11.3 Å². The summed E-state index contributed by atoms with van der Waals surface area (Å²) in [6.07, 6.45) is 1.87. The molecule has 3 rings (SSSR count). The summed E-state index contributed by atoms with van der Waals surface area (Å²) >= 11 is 1.41. The molecule has 8 nitrogen and oxygen atoms in total. The molecule has 0 aromatic carbocycles. The monoisotopic (exact) mass is 348 g/mol. The lowest BCUT2D eigenvalue weighted by molar-refractivity contribution is 0.0496. The van der Waals surface area contributed by atoms with Gasteiger partial charge in [0.2, 0.25) is 0 Å². The van der Waals surface area contributed by atoms with E-state index in [4.69, 9.17) is 4.74 Å². The fraction of sp³-hybridized carbons (Fsp3) is 0.333. The van der Waals surface area contributed by atoms with E-state index in [0.717, 1.165) is 4.57 Å². The summed E-state index contributed by atoms with van der Waals surface area (Å²) < 4.78 is 9.21. The highest BCUT2D eigenvalue weighted by atomic mass is 32.1. The number of ether oxygens (including phenoxy) is 1. The normalized spacial score (nSPS) is 11.1. The van der Waals surface area contributed by atoms with Gasteiger partial charge in [-0.3, -0.25) is 13.9 Å². The second-order valence-electron chi connectivity index (χ2n) is 5.33. The van der Waals surface area contributed by atoms with Gasteiger partial charge < -0.3 is 9.30 Å². The van der Waals surface area contributed by atoms with E-state index in [2.05, 4.69) is 4.98 Å². The number of carbonyl (C=O) groups excluding carboxylic acids is 1. The van der Waals surface area contributed by atoms with Gasteiger partial charge in [0.05, 0.1) is 18.5 Å². The third-order valence-electron chi connectivity index (χ3n) is 3.72. The maximum atomic E-state index is 12.5. The Kier molecular flexibility index (Phi) is 4.34. The Hall–Kier alpha value is -2.68. The standard InChI is InChI=1S/C15H16N4O4S/c1-17-9-16-12-11(17)13(20)19(15(22)18(12)2)5-3-6-23-14(21)10-4-7-24-8-10/h4,7-9H,3,5-6H2,1-2H3. The maximum absolute atomic E-state index is 12.5. The summed E-state index contributed by atoms with van der Waals surface area (Å²) in [4.78, 5) is 40.6. The van der Waals surface area contributed by atoms with Crippen molar-refractivity contribution in [2.45, 2.75) is 13.0 Å². The molecule has 126 valence electrons. The highest BCUT2D eigenvalue weighted by Gasteiger charge is 2.14. The van der Waals surface area contributed by atoms with Crippen LogP contribution in [0.25, 0.3) is 11.2 Å². The minimum atomic E-state index is -0.435. The van der Waals surface area contributed by atoms with E-state index in [1.54, 1.807) is 35.5 Å². The van der Waals surface area contributed by atoms with Crippen LogP contribution in [0.4, 0.5) is 0 Å². The van der Waals surface area contributed by atoms with Crippen molar-refractivity contribution >= 4 is 28.5 Å². The molecule has 0 atom stereocenters. The molecule has 0 aliphatic carbocycles. The molecular formula is C15H16N4O4S. The first-order chi connectivity index (χ1) is 11.5. The van der Waals surface area contributed by atoms with Crippen molar-refractivity contribution in [3.8, 4) is 0 Å². The van der Waals surface area contributed by atoms with Crippen molar-refractivity contribution in [2.75, 3.05) is 6.61 Å². The number of aryl methyl sites for hydroxylation is 2. The number of nitrogens with zero attached hydrogens (tertiary/aromatic N) is 4. The zero-order valence-electron chi connectivity index (χ0n) is 13.3. The largest absolute Gasteiger partial charge is 0.462 e. The van der Waals surface area contributed by atoms with Crippen LogP contribution in [0.3, 0.4) is 0 Å². The minimum absolute atomic E-state index is 0.133. The molecule has 0 saturated heterocycles. The summed E-state index contributed by atoms with van der Waals surface area (Å²) in [5.41, 5.74) is 0.400. The van der Waals surface area contributed by atoms with Crippen molar-refractivity contribution in [3.05, 3.63) is 49.6 Å². The van der Waals surface area contributed by atoms with Gasteiger partial charge in [-0.1, -0.05) is 0 Å². The molecule has 0 fully saturated rings. The second-order valence-corrected chi connectivity index (χ2v) is 6.11. The molecule has 0 spiro atoms. The molecule has 0 radical (unpaired) electrons. The van der Waals surface area contributed by atoms with Gasteiger partial charge >= 0.3 is 11.7 Å². The predicted octanol–water partition coefficient (Wildman–Crippen LogP) is 0.742. The number of esters is 1. The Labute approximate surface area is 140 Å². The number of fused-ring (bicyclic) bond motifs is 1. The third kappa shape index (κ3) is 2.78. The number of carbonyl (C=O) groups is 1. The molecule has 0 bridgehead atoms. The Bertz CT molecular complexity index is 997. The van der Waals surface area contributed by atoms with E-state index >= 15 is 0 Å². The molecule has 9 heteroatoms. The minimum Gasteiger partial charge on any atom is -0.462 e. The molecule has 3 heterocycles. The summed E-state index contributed by atoms with van der Waals surface area (Å²) in [6, 6.07) is 1.68. The number of imidazole rings is 1. The molecule has 0 aliphatic heterocycles. The average Bonchev–Trinajstić information content (AvgIpc) is 3.21. The van der Waals surface area contributed by atoms with Crippen molar-refractivity contribution < 1.29 is 9.53 Å². The van der Waals surface area contributed by atoms with E-state index in [9.17, 15) is 14.4 Å². The average molecular weight is 348 g/mol. The van der Waals surface area contributed by atoms with Gasteiger partial charge in [-0.05, 0) is 17.9 Å². The van der Waals surface area contributed by atoms with Crippen LogP contribution in [0.15, 0.2) is 32.7 Å². The maximum Gasteiger partial charge on any atom is 0.338 e. The van der Waals surface area contributed by atoms with E-state index in [1.165, 1.54) is 22.2 Å². The predicted molar refractivity (Wildman–Crippen MR) is 89.4 cm³/mol. The van der Waals surface area contributed by atoms with Gasteiger partial charge in [0.25, 0.3) is 5.56 Å². The lowest BCUT2D eigenvalue weighted by atomic mass is 10.3. The molecule has 0 amide bonds. The van der Waals surface area contributed by atoms with E-state index in [-0.39, 0.29) is 13.2 Å². The van der Waals surface area contributed by atoms with Crippen LogP contribution in [0.2, 0.25) is 0 Å². The topological polar surface area (TPSA) is 88.1 Å². The summed E-state index contributed by atoms with van der Waals surface area (Å²) in [5.74, 6) is -0.404. The van der Waals surface area contributed by atoms with Crippen LogP contribution in [0, 0.1) is 0 Å². The fourth-order valence-corrected chi connectivity index (χ4v) is 3.07. The number of hydrogen-bond acceptors (Lipinski definition) is 6. The van der Waals surface area contributed by atoms with Crippen LogP contribution < -0.4 is 11.2 Å². The Morgan fingerprint density at radius 2 is 2.12 bits per heavy atom. The Balaban J connectivity index is 1.74. The van der Waals surface area contributed by atoms with Crippen molar-refractivity contribution in [1.82, 2.24) is 18.7 Å². The summed E-state index contributed by atoms with van der Waals surface area (Å²) in [6.45, 7) is 0.303. The molecule has 0 unspecified atom stereocenters. The van der Waals surface area contributed by atoms with Crippen molar-refractivity contribution in [2.24, 2.45) is 14.1 Å². The number of hydrogen-bond donors (Lipinski definition) is 0. The molecule has 3 aromatic rings. The smallest absolute Gasteiger partial charge is 0.338 e. The molecule has 0 aliphatic rings. The zero-order chi connectivity index (χ0) is 17.3. The summed E-state index contributed by atoms with van der Waals surface area (Å²) in [5, 5.41) is 3.50. The van der Waals surface area contributed by atoms with Gasteiger partial charge in [-0.25, -0.2) is 14.6 Å². The number of thiophene rings is 1. The summed E-state index contributed by atoms with van der Waals surface area (Å²) in [7, 11) is 3.28. The van der Waals surface area contributed by atoms with Gasteiger partial charge in [0.1, 0.15) is 0 Å². The molecular weight excluding hydrogens is 332 g/mol. The highest BCUT2D eigenvalue weighted by Crippen LogP contribution is 2.08. The van der Waals surface area contributed by atoms with E-state index < -0.39 is 17.2 Å². The molecule has 0 N–H and O–H groups in total. The lowest BCUT2D eigenvalue weighted by Crippen LogP contribution is -2.39. The Morgan fingerprint density at radius 1 is 1.33 bits per heavy atom. The zero-order valence-corrected chi connectivity index (χ0v) is 14.1. The SMILES string of the molecule is Cn1cnc2c1c(=O)n(CCCOC(=O)c1ccsc1)c(=O)n2C. The first-order valence-electron chi connectivity index (χ1n) is 7.31. The fourth-order valence-electron chi connectivity index (χ4n) is 2.44. The van der Waals surface area contributed by atoms with E-state index in [0.29, 0.717) is 23.1 Å². The highest BCUT2D eigenvalue weighted by molar-refractivity contribution is 7.08. The quantitative estimate of drug-likeness (QED) is 0.501. The second kappa shape index (κ2) is 6.44. The molecule has 24 heavy (non-hydrogen) atoms. The number of aromatic nitrogens is 4. The lowest BCUT2D eigenvalue weighted by Gasteiger charge is -2.09. The first-order valence-corrected chi connectivity index (χ1v) is 8.25. The van der Waals surface area contributed by atoms with Crippen molar-refractivity contribution in [3.63, 3.8) is 0 Å². The van der Waals surface area contributed by atoms with E-state index in [1.807, 2.05) is 0 Å². The van der Waals surface area contributed by atoms with Crippen LogP contribution in [0.5, 0.6) is 0 Å². The van der Waals surface area contributed by atoms with Crippen LogP contribution >= 0.6 is 11.3 Å².